The molecule has 0 bridgehead atoms. The largest absolute Gasteiger partial charge is 0.463 e. The van der Waals surface area contributed by atoms with Crippen LogP contribution in [0.5, 0.6) is 0 Å². The van der Waals surface area contributed by atoms with Crippen molar-refractivity contribution in [2.75, 3.05) is 13.2 Å². The molecule has 0 aromatic heterocycles. The molecule has 0 saturated heterocycles. The highest BCUT2D eigenvalue weighted by Crippen LogP contribution is 2.05. The van der Waals surface area contributed by atoms with Crippen LogP contribution in [0.3, 0.4) is 0 Å². The van der Waals surface area contributed by atoms with Crippen molar-refractivity contribution in [3.63, 3.8) is 0 Å². The summed E-state index contributed by atoms with van der Waals surface area (Å²) in [5.74, 6) is -0.252. The molecule has 3 heteroatoms. The lowest BCUT2D eigenvalue weighted by Gasteiger charge is -1.97. The van der Waals surface area contributed by atoms with Gasteiger partial charge in [-0.25, -0.2) is 4.79 Å². The lowest BCUT2D eigenvalue weighted by molar-refractivity contribution is -0.137. The first-order valence-corrected chi connectivity index (χ1v) is 5.75. The van der Waals surface area contributed by atoms with Crippen molar-refractivity contribution in [1.29, 1.82) is 0 Å². The van der Waals surface area contributed by atoms with Gasteiger partial charge >= 0.3 is 5.97 Å². The average molecular weight is 214 g/mol. The number of aliphatic hydroxyl groups is 1. The minimum absolute atomic E-state index is 0.252. The number of esters is 1. The van der Waals surface area contributed by atoms with Crippen molar-refractivity contribution in [3.05, 3.63) is 12.2 Å². The third kappa shape index (κ3) is 11.1. The number of unbranched alkanes of at least 4 members (excludes halogenated alkanes) is 5. The molecule has 88 valence electrons. The summed E-state index contributed by atoms with van der Waals surface area (Å²) in [5.41, 5.74) is 0. The van der Waals surface area contributed by atoms with Crippen LogP contribution in [-0.4, -0.2) is 24.3 Å². The van der Waals surface area contributed by atoms with Crippen LogP contribution in [0.1, 0.15) is 45.4 Å². The third-order valence-corrected chi connectivity index (χ3v) is 2.07. The molecule has 0 aliphatic carbocycles. The molecule has 0 heterocycles. The van der Waals surface area contributed by atoms with Crippen LogP contribution >= 0.6 is 0 Å². The highest BCUT2D eigenvalue weighted by atomic mass is 16.5. The first kappa shape index (κ1) is 14.2. The fraction of sp³-hybridized carbons (Fsp3) is 0.750. The maximum atomic E-state index is 10.9. The van der Waals surface area contributed by atoms with Gasteiger partial charge in [0, 0.05) is 12.7 Å². The van der Waals surface area contributed by atoms with Crippen LogP contribution in [0.4, 0.5) is 0 Å². The van der Waals surface area contributed by atoms with Gasteiger partial charge in [-0.15, -0.1) is 0 Å². The van der Waals surface area contributed by atoms with Crippen LogP contribution in [0.25, 0.3) is 0 Å². The molecule has 0 aromatic carbocycles. The number of aliphatic hydroxyl groups excluding tert-OH is 1. The van der Waals surface area contributed by atoms with Crippen molar-refractivity contribution in [2.24, 2.45) is 0 Å². The smallest absolute Gasteiger partial charge is 0.330 e. The molecule has 0 aliphatic heterocycles. The molecule has 0 radical (unpaired) electrons. The van der Waals surface area contributed by atoms with Crippen LogP contribution in [0.2, 0.25) is 0 Å². The molecular formula is C12H22O3. The van der Waals surface area contributed by atoms with E-state index >= 15 is 0 Å². The number of rotatable bonds is 9. The van der Waals surface area contributed by atoms with Gasteiger partial charge in [-0.3, -0.25) is 0 Å². The van der Waals surface area contributed by atoms with Gasteiger partial charge in [0.1, 0.15) is 0 Å². The molecule has 0 spiro atoms. The Bertz CT molecular complexity index is 176. The summed E-state index contributed by atoms with van der Waals surface area (Å²) in [5, 5.41) is 8.56. The first-order valence-electron chi connectivity index (χ1n) is 5.75. The van der Waals surface area contributed by atoms with Crippen LogP contribution in [0.15, 0.2) is 12.2 Å². The van der Waals surface area contributed by atoms with E-state index in [2.05, 4.69) is 0 Å². The van der Waals surface area contributed by atoms with Crippen LogP contribution in [-0.2, 0) is 9.53 Å². The van der Waals surface area contributed by atoms with Crippen molar-refractivity contribution < 1.29 is 14.6 Å². The van der Waals surface area contributed by atoms with E-state index in [0.29, 0.717) is 13.2 Å². The fourth-order valence-corrected chi connectivity index (χ4v) is 1.27. The number of allylic oxidation sites excluding steroid dienone is 1. The zero-order valence-corrected chi connectivity index (χ0v) is 9.58. The normalized spacial score (nSPS) is 10.8. The van der Waals surface area contributed by atoms with E-state index in [9.17, 15) is 4.79 Å². The molecule has 15 heavy (non-hydrogen) atoms. The highest BCUT2D eigenvalue weighted by Gasteiger charge is 1.92. The molecule has 3 nitrogen and oxygen atoms in total. The Kier molecular flexibility index (Phi) is 10.6. The summed E-state index contributed by atoms with van der Waals surface area (Å²) in [6, 6.07) is 0. The van der Waals surface area contributed by atoms with E-state index in [1.807, 2.05) is 6.08 Å². The predicted molar refractivity (Wildman–Crippen MR) is 60.6 cm³/mol. The Balaban J connectivity index is 3.19. The molecule has 0 atom stereocenters. The maximum Gasteiger partial charge on any atom is 0.330 e. The molecule has 0 aromatic rings. The van der Waals surface area contributed by atoms with Gasteiger partial charge in [-0.1, -0.05) is 25.3 Å². The summed E-state index contributed by atoms with van der Waals surface area (Å²) in [6.45, 7) is 2.53. The number of hydrogen-bond acceptors (Lipinski definition) is 3. The predicted octanol–water partition coefficient (Wildman–Crippen LogP) is 2.44. The Hall–Kier alpha value is -0.830. The zero-order chi connectivity index (χ0) is 11.4. The van der Waals surface area contributed by atoms with Gasteiger partial charge in [0.05, 0.1) is 6.61 Å². The van der Waals surface area contributed by atoms with Gasteiger partial charge in [0.25, 0.3) is 0 Å². The SMILES string of the molecule is CCOC(=O)/C=C\CCCCCCCO. The van der Waals surface area contributed by atoms with Gasteiger partial charge in [-0.2, -0.15) is 0 Å². The van der Waals surface area contributed by atoms with Crippen molar-refractivity contribution >= 4 is 5.97 Å². The summed E-state index contributed by atoms with van der Waals surface area (Å²) < 4.78 is 4.75. The van der Waals surface area contributed by atoms with Gasteiger partial charge in [-0.05, 0) is 26.2 Å². The van der Waals surface area contributed by atoms with Crippen molar-refractivity contribution in [3.8, 4) is 0 Å². The van der Waals surface area contributed by atoms with E-state index in [1.165, 1.54) is 6.08 Å². The van der Waals surface area contributed by atoms with Crippen molar-refractivity contribution in [2.45, 2.75) is 45.4 Å². The molecule has 0 aliphatic rings. The topological polar surface area (TPSA) is 46.5 Å². The molecule has 0 saturated carbocycles. The number of carbonyl (C=O) groups is 1. The summed E-state index contributed by atoms with van der Waals surface area (Å²) in [7, 11) is 0. The summed E-state index contributed by atoms with van der Waals surface area (Å²) in [6.07, 6.45) is 9.71. The first-order chi connectivity index (χ1) is 7.31. The second kappa shape index (κ2) is 11.2. The monoisotopic (exact) mass is 214 g/mol. The number of carbonyl (C=O) groups excluding carboxylic acids is 1. The second-order valence-corrected chi connectivity index (χ2v) is 3.43. The molecule has 0 unspecified atom stereocenters. The Labute approximate surface area is 92.1 Å². The Morgan fingerprint density at radius 2 is 1.87 bits per heavy atom. The quantitative estimate of drug-likeness (QED) is 0.364. The summed E-state index contributed by atoms with van der Waals surface area (Å²) in [4.78, 5) is 10.9. The molecule has 0 fully saturated rings. The fourth-order valence-electron chi connectivity index (χ4n) is 1.27. The summed E-state index contributed by atoms with van der Waals surface area (Å²) >= 11 is 0. The average Bonchev–Trinajstić information content (AvgIpc) is 2.22. The zero-order valence-electron chi connectivity index (χ0n) is 9.58. The van der Waals surface area contributed by atoms with E-state index in [1.54, 1.807) is 6.92 Å². The molecular weight excluding hydrogens is 192 g/mol. The van der Waals surface area contributed by atoms with E-state index < -0.39 is 0 Å². The van der Waals surface area contributed by atoms with E-state index in [-0.39, 0.29) is 5.97 Å². The third-order valence-electron chi connectivity index (χ3n) is 2.07. The van der Waals surface area contributed by atoms with E-state index in [4.69, 9.17) is 9.84 Å². The lowest BCUT2D eigenvalue weighted by Crippen LogP contribution is -1.98. The van der Waals surface area contributed by atoms with Gasteiger partial charge < -0.3 is 9.84 Å². The van der Waals surface area contributed by atoms with Gasteiger partial charge in [0.15, 0.2) is 0 Å². The van der Waals surface area contributed by atoms with Crippen LogP contribution < -0.4 is 0 Å². The van der Waals surface area contributed by atoms with E-state index in [0.717, 1.165) is 38.5 Å². The minimum atomic E-state index is -0.252. The second-order valence-electron chi connectivity index (χ2n) is 3.43. The number of hydrogen-bond donors (Lipinski definition) is 1. The minimum Gasteiger partial charge on any atom is -0.463 e. The van der Waals surface area contributed by atoms with Crippen LogP contribution in [0, 0.1) is 0 Å². The Morgan fingerprint density at radius 3 is 2.53 bits per heavy atom. The van der Waals surface area contributed by atoms with Gasteiger partial charge in [0.2, 0.25) is 0 Å². The molecule has 0 rings (SSSR count). The molecule has 1 N–H and O–H groups in total. The maximum absolute atomic E-state index is 10.9. The molecule has 0 amide bonds. The van der Waals surface area contributed by atoms with Crippen molar-refractivity contribution in [1.82, 2.24) is 0 Å². The standard InChI is InChI=1S/C12H22O3/c1-2-15-12(14)10-8-6-4-3-5-7-9-11-13/h8,10,13H,2-7,9,11H2,1H3/b10-8-. The number of ether oxygens (including phenoxy) is 1. The highest BCUT2D eigenvalue weighted by molar-refractivity contribution is 5.81. The lowest BCUT2D eigenvalue weighted by atomic mass is 10.1. The Morgan fingerprint density at radius 1 is 1.20 bits per heavy atom.